The van der Waals surface area contributed by atoms with Crippen molar-refractivity contribution in [3.8, 4) is 0 Å². The maximum absolute atomic E-state index is 6.20. The van der Waals surface area contributed by atoms with E-state index in [4.69, 9.17) is 11.6 Å². The van der Waals surface area contributed by atoms with Gasteiger partial charge in [-0.2, -0.15) is 0 Å². The van der Waals surface area contributed by atoms with E-state index in [1.54, 1.807) is 0 Å². The Balaban J connectivity index is 2.43. The smallest absolute Gasteiger partial charge is 0.0440 e. The van der Waals surface area contributed by atoms with Gasteiger partial charge in [0.15, 0.2) is 0 Å². The molecule has 0 aromatic heterocycles. The molecule has 0 nitrogen and oxygen atoms in total. The van der Waals surface area contributed by atoms with Crippen LogP contribution < -0.4 is 0 Å². The van der Waals surface area contributed by atoms with Gasteiger partial charge < -0.3 is 0 Å². The van der Waals surface area contributed by atoms with Crippen molar-refractivity contribution >= 4 is 27.5 Å². The minimum atomic E-state index is 0.622. The maximum Gasteiger partial charge on any atom is 0.0440 e. The number of rotatable bonds is 5. The number of aryl methyl sites for hydroxylation is 2. The van der Waals surface area contributed by atoms with Gasteiger partial charge in [0.25, 0.3) is 0 Å². The molecule has 0 amide bonds. The van der Waals surface area contributed by atoms with E-state index in [-0.39, 0.29) is 0 Å². The number of alkyl halides is 1. The van der Waals surface area contributed by atoms with Crippen molar-refractivity contribution < 1.29 is 0 Å². The number of halogens is 2. The normalized spacial score (nSPS) is 13.1. The molecule has 0 radical (unpaired) electrons. The average Bonchev–Trinajstić information content (AvgIpc) is 2.20. The highest BCUT2D eigenvalue weighted by molar-refractivity contribution is 9.09. The molecule has 0 aliphatic heterocycles. The molecular weight excluding hydrogens is 284 g/mol. The third kappa shape index (κ3) is 4.47. The van der Waals surface area contributed by atoms with Crippen molar-refractivity contribution in [1.82, 2.24) is 0 Å². The van der Waals surface area contributed by atoms with Gasteiger partial charge >= 0.3 is 0 Å². The third-order valence-corrected chi connectivity index (χ3v) is 4.72. The second-order valence-corrected chi connectivity index (χ2v) is 6.33. The van der Waals surface area contributed by atoms with E-state index < -0.39 is 0 Å². The van der Waals surface area contributed by atoms with Crippen LogP contribution in [0.25, 0.3) is 0 Å². The quantitative estimate of drug-likeness (QED) is 0.640. The molecule has 0 aliphatic carbocycles. The summed E-state index contributed by atoms with van der Waals surface area (Å²) in [5.74, 6) is 0.702. The molecule has 0 fully saturated rings. The van der Waals surface area contributed by atoms with Crippen LogP contribution in [-0.4, -0.2) is 4.83 Å². The van der Waals surface area contributed by atoms with Crippen molar-refractivity contribution in [2.45, 2.75) is 44.9 Å². The lowest BCUT2D eigenvalue weighted by molar-refractivity contribution is 0.562. The summed E-state index contributed by atoms with van der Waals surface area (Å²) in [6.45, 7) is 6.57. The molecule has 1 unspecified atom stereocenters. The second kappa shape index (κ2) is 6.66. The predicted molar refractivity (Wildman–Crippen MR) is 76.7 cm³/mol. The summed E-state index contributed by atoms with van der Waals surface area (Å²) in [4.78, 5) is 0.622. The van der Waals surface area contributed by atoms with Crippen molar-refractivity contribution in [3.05, 3.63) is 34.3 Å². The Morgan fingerprint density at radius 1 is 1.31 bits per heavy atom. The Bertz CT molecular complexity index is 334. The van der Waals surface area contributed by atoms with Crippen LogP contribution in [0.4, 0.5) is 0 Å². The molecule has 0 spiro atoms. The van der Waals surface area contributed by atoms with Crippen molar-refractivity contribution in [1.29, 1.82) is 0 Å². The van der Waals surface area contributed by atoms with Crippen molar-refractivity contribution in [2.24, 2.45) is 5.92 Å². The summed E-state index contributed by atoms with van der Waals surface area (Å²) in [5, 5.41) is 0.913. The third-order valence-electron chi connectivity index (χ3n) is 2.86. The summed E-state index contributed by atoms with van der Waals surface area (Å²) >= 11 is 9.91. The molecular formula is C14H20BrCl. The van der Waals surface area contributed by atoms with E-state index in [0.29, 0.717) is 10.7 Å². The monoisotopic (exact) mass is 302 g/mol. The summed E-state index contributed by atoms with van der Waals surface area (Å²) in [5.41, 5.74) is 2.50. The van der Waals surface area contributed by atoms with Crippen LogP contribution in [-0.2, 0) is 6.42 Å². The number of hydrogen-bond acceptors (Lipinski definition) is 0. The molecule has 0 aliphatic rings. The molecule has 0 bridgehead atoms. The zero-order valence-electron chi connectivity index (χ0n) is 10.3. The molecule has 0 saturated heterocycles. The lowest BCUT2D eigenvalue weighted by atomic mass is 10.0. The van der Waals surface area contributed by atoms with Gasteiger partial charge in [-0.25, -0.2) is 0 Å². The van der Waals surface area contributed by atoms with E-state index in [1.165, 1.54) is 24.0 Å². The lowest BCUT2D eigenvalue weighted by Crippen LogP contribution is -2.07. The minimum Gasteiger partial charge on any atom is -0.0888 e. The van der Waals surface area contributed by atoms with E-state index >= 15 is 0 Å². The molecule has 1 atom stereocenters. The average molecular weight is 304 g/mol. The summed E-state index contributed by atoms with van der Waals surface area (Å²) in [6.07, 6.45) is 3.48. The van der Waals surface area contributed by atoms with Crippen molar-refractivity contribution in [3.63, 3.8) is 0 Å². The zero-order valence-corrected chi connectivity index (χ0v) is 12.6. The first kappa shape index (κ1) is 14.1. The molecule has 1 aromatic rings. The van der Waals surface area contributed by atoms with Gasteiger partial charge in [0, 0.05) is 9.85 Å². The molecule has 2 heteroatoms. The van der Waals surface area contributed by atoms with Crippen LogP contribution in [0.5, 0.6) is 0 Å². The molecule has 1 rings (SSSR count). The minimum absolute atomic E-state index is 0.622. The fraction of sp³-hybridized carbons (Fsp3) is 0.571. The molecule has 16 heavy (non-hydrogen) atoms. The standard InChI is InChI=1S/C14H20BrCl/c1-10(2)13(15)6-4-5-12-8-7-11(3)9-14(12)16/h7-10,13H,4-6H2,1-3H3. The van der Waals surface area contributed by atoms with Crippen LogP contribution >= 0.6 is 27.5 Å². The first-order chi connectivity index (χ1) is 7.50. The molecule has 90 valence electrons. The highest BCUT2D eigenvalue weighted by atomic mass is 79.9. The predicted octanol–water partition coefficient (Wildman–Crippen LogP) is 5.39. The van der Waals surface area contributed by atoms with E-state index in [0.717, 1.165) is 11.4 Å². The molecule has 0 heterocycles. The van der Waals surface area contributed by atoms with Gasteiger partial charge in [-0.15, -0.1) is 0 Å². The summed E-state index contributed by atoms with van der Waals surface area (Å²) in [6, 6.07) is 6.33. The Morgan fingerprint density at radius 3 is 2.56 bits per heavy atom. The molecule has 0 saturated carbocycles. The SMILES string of the molecule is Cc1ccc(CCCC(Br)C(C)C)c(Cl)c1. The fourth-order valence-corrected chi connectivity index (χ4v) is 2.33. The van der Waals surface area contributed by atoms with Gasteiger partial charge in [-0.3, -0.25) is 0 Å². The van der Waals surface area contributed by atoms with E-state index in [2.05, 4.69) is 48.8 Å². The van der Waals surface area contributed by atoms with Gasteiger partial charge in [-0.05, 0) is 49.3 Å². The maximum atomic E-state index is 6.20. The zero-order chi connectivity index (χ0) is 12.1. The summed E-state index contributed by atoms with van der Waals surface area (Å²) in [7, 11) is 0. The second-order valence-electron chi connectivity index (χ2n) is 4.75. The topological polar surface area (TPSA) is 0 Å². The van der Waals surface area contributed by atoms with Crippen LogP contribution in [0, 0.1) is 12.8 Å². The Morgan fingerprint density at radius 2 is 2.00 bits per heavy atom. The van der Waals surface area contributed by atoms with Crippen LogP contribution in [0.1, 0.15) is 37.8 Å². The number of benzene rings is 1. The van der Waals surface area contributed by atoms with Gasteiger partial charge in [0.05, 0.1) is 0 Å². The highest BCUT2D eigenvalue weighted by Gasteiger charge is 2.09. The largest absolute Gasteiger partial charge is 0.0888 e. The van der Waals surface area contributed by atoms with Crippen LogP contribution in [0.2, 0.25) is 5.02 Å². The molecule has 0 N–H and O–H groups in total. The van der Waals surface area contributed by atoms with Gasteiger partial charge in [-0.1, -0.05) is 53.5 Å². The van der Waals surface area contributed by atoms with E-state index in [9.17, 15) is 0 Å². The Hall–Kier alpha value is -0.0100. The Labute approximate surface area is 113 Å². The Kier molecular flexibility index (Phi) is 5.85. The van der Waals surface area contributed by atoms with Crippen LogP contribution in [0.15, 0.2) is 18.2 Å². The first-order valence-corrected chi connectivity index (χ1v) is 7.19. The molecule has 1 aromatic carbocycles. The summed E-state index contributed by atoms with van der Waals surface area (Å²) < 4.78 is 0. The first-order valence-electron chi connectivity index (χ1n) is 5.90. The van der Waals surface area contributed by atoms with Gasteiger partial charge in [0.1, 0.15) is 0 Å². The number of hydrogen-bond donors (Lipinski definition) is 0. The van der Waals surface area contributed by atoms with Gasteiger partial charge in [0.2, 0.25) is 0 Å². The van der Waals surface area contributed by atoms with Crippen molar-refractivity contribution in [2.75, 3.05) is 0 Å². The lowest BCUT2D eigenvalue weighted by Gasteiger charge is -2.13. The highest BCUT2D eigenvalue weighted by Crippen LogP contribution is 2.22. The van der Waals surface area contributed by atoms with Crippen LogP contribution in [0.3, 0.4) is 0 Å². The van der Waals surface area contributed by atoms with E-state index in [1.807, 2.05) is 6.07 Å². The fourth-order valence-electron chi connectivity index (χ4n) is 1.68.